The Bertz CT molecular complexity index is 508. The topological polar surface area (TPSA) is 41.0 Å². The Morgan fingerprint density at radius 1 is 1.05 bits per heavy atom. The molecule has 0 aliphatic carbocycles. The summed E-state index contributed by atoms with van der Waals surface area (Å²) in [6.07, 6.45) is 0. The second-order valence-electron chi connectivity index (χ2n) is 5.12. The fraction of sp³-hybridized carbons (Fsp3) is 0.375. The molecule has 1 aromatic carbocycles. The SMILES string of the molecule is CNCc1ccc(N(Cc2ccccc2)C(C)C)nn1. The predicted molar refractivity (Wildman–Crippen MR) is 82.6 cm³/mol. The van der Waals surface area contributed by atoms with Crippen molar-refractivity contribution < 1.29 is 0 Å². The molecule has 1 heterocycles. The van der Waals surface area contributed by atoms with Crippen LogP contribution in [0.4, 0.5) is 5.82 Å². The van der Waals surface area contributed by atoms with Crippen LogP contribution in [0.2, 0.25) is 0 Å². The molecule has 0 radical (unpaired) electrons. The van der Waals surface area contributed by atoms with Gasteiger partial charge in [-0.25, -0.2) is 0 Å². The first kappa shape index (κ1) is 14.5. The normalized spacial score (nSPS) is 10.8. The van der Waals surface area contributed by atoms with Gasteiger partial charge in [-0.05, 0) is 38.6 Å². The lowest BCUT2D eigenvalue weighted by Crippen LogP contribution is -2.31. The molecule has 2 rings (SSSR count). The van der Waals surface area contributed by atoms with E-state index in [0.29, 0.717) is 6.04 Å². The van der Waals surface area contributed by atoms with E-state index in [1.165, 1.54) is 5.56 Å². The van der Waals surface area contributed by atoms with Gasteiger partial charge in [0.05, 0.1) is 5.69 Å². The highest BCUT2D eigenvalue weighted by molar-refractivity contribution is 5.39. The standard InChI is InChI=1S/C16H22N4/c1-13(2)20(12-14-7-5-4-6-8-14)16-10-9-15(11-17-3)18-19-16/h4-10,13,17H,11-12H2,1-3H3. The zero-order chi connectivity index (χ0) is 14.4. The van der Waals surface area contributed by atoms with Crippen molar-refractivity contribution >= 4 is 5.82 Å². The molecule has 106 valence electrons. The molecule has 0 saturated heterocycles. The molecule has 1 N–H and O–H groups in total. The first-order valence-corrected chi connectivity index (χ1v) is 6.98. The molecule has 0 amide bonds. The molecular weight excluding hydrogens is 248 g/mol. The molecule has 20 heavy (non-hydrogen) atoms. The molecule has 0 aliphatic heterocycles. The van der Waals surface area contributed by atoms with Crippen molar-refractivity contribution in [3.05, 3.63) is 53.7 Å². The van der Waals surface area contributed by atoms with Crippen LogP contribution in [-0.2, 0) is 13.1 Å². The summed E-state index contributed by atoms with van der Waals surface area (Å²) in [6.45, 7) is 5.93. The van der Waals surface area contributed by atoms with Crippen molar-refractivity contribution in [2.45, 2.75) is 33.0 Å². The average Bonchev–Trinajstić information content (AvgIpc) is 2.47. The summed E-state index contributed by atoms with van der Waals surface area (Å²) in [7, 11) is 1.91. The van der Waals surface area contributed by atoms with E-state index in [2.05, 4.69) is 58.5 Å². The minimum Gasteiger partial charge on any atom is -0.348 e. The highest BCUT2D eigenvalue weighted by atomic mass is 15.3. The van der Waals surface area contributed by atoms with Gasteiger partial charge in [-0.15, -0.1) is 5.10 Å². The second kappa shape index (κ2) is 7.01. The molecule has 4 heteroatoms. The van der Waals surface area contributed by atoms with Gasteiger partial charge in [0.25, 0.3) is 0 Å². The second-order valence-corrected chi connectivity index (χ2v) is 5.12. The zero-order valence-corrected chi connectivity index (χ0v) is 12.4. The van der Waals surface area contributed by atoms with Gasteiger partial charge in [0.1, 0.15) is 0 Å². The summed E-state index contributed by atoms with van der Waals surface area (Å²) in [5.74, 6) is 0.920. The monoisotopic (exact) mass is 270 g/mol. The highest BCUT2D eigenvalue weighted by Gasteiger charge is 2.13. The van der Waals surface area contributed by atoms with E-state index in [9.17, 15) is 0 Å². The quantitative estimate of drug-likeness (QED) is 0.876. The molecule has 0 aliphatic rings. The Hall–Kier alpha value is -1.94. The van der Waals surface area contributed by atoms with Crippen molar-refractivity contribution in [2.24, 2.45) is 0 Å². The van der Waals surface area contributed by atoms with Gasteiger partial charge in [-0.2, -0.15) is 5.10 Å². The smallest absolute Gasteiger partial charge is 0.151 e. The van der Waals surface area contributed by atoms with Crippen LogP contribution in [0, 0.1) is 0 Å². The van der Waals surface area contributed by atoms with Crippen LogP contribution in [0.3, 0.4) is 0 Å². The fourth-order valence-electron chi connectivity index (χ4n) is 2.09. The summed E-state index contributed by atoms with van der Waals surface area (Å²) in [5, 5.41) is 11.7. The number of benzene rings is 1. The first-order chi connectivity index (χ1) is 9.70. The molecule has 1 aromatic heterocycles. The van der Waals surface area contributed by atoms with Crippen LogP contribution in [-0.4, -0.2) is 23.3 Å². The van der Waals surface area contributed by atoms with Crippen LogP contribution in [0.5, 0.6) is 0 Å². The number of hydrogen-bond donors (Lipinski definition) is 1. The van der Waals surface area contributed by atoms with Crippen LogP contribution in [0.25, 0.3) is 0 Å². The Kier molecular flexibility index (Phi) is 5.07. The van der Waals surface area contributed by atoms with Crippen molar-refractivity contribution in [1.82, 2.24) is 15.5 Å². The molecule has 2 aromatic rings. The van der Waals surface area contributed by atoms with Crippen molar-refractivity contribution in [3.63, 3.8) is 0 Å². The van der Waals surface area contributed by atoms with E-state index in [-0.39, 0.29) is 0 Å². The molecule has 4 nitrogen and oxygen atoms in total. The third-order valence-corrected chi connectivity index (χ3v) is 3.18. The lowest BCUT2D eigenvalue weighted by Gasteiger charge is -2.27. The molecule has 0 fully saturated rings. The highest BCUT2D eigenvalue weighted by Crippen LogP contribution is 2.17. The molecule has 0 bridgehead atoms. The van der Waals surface area contributed by atoms with Gasteiger partial charge < -0.3 is 10.2 Å². The summed E-state index contributed by atoms with van der Waals surface area (Å²) in [5.41, 5.74) is 2.24. The Morgan fingerprint density at radius 2 is 1.80 bits per heavy atom. The van der Waals surface area contributed by atoms with Gasteiger partial charge in [-0.1, -0.05) is 30.3 Å². The van der Waals surface area contributed by atoms with Gasteiger partial charge in [0.15, 0.2) is 5.82 Å². The minimum absolute atomic E-state index is 0.375. The number of rotatable bonds is 6. The number of anilines is 1. The molecule has 0 atom stereocenters. The first-order valence-electron chi connectivity index (χ1n) is 6.98. The number of nitrogens with zero attached hydrogens (tertiary/aromatic N) is 3. The average molecular weight is 270 g/mol. The lowest BCUT2D eigenvalue weighted by molar-refractivity contribution is 0.661. The van der Waals surface area contributed by atoms with Crippen LogP contribution < -0.4 is 10.2 Å². The van der Waals surface area contributed by atoms with E-state index >= 15 is 0 Å². The van der Waals surface area contributed by atoms with Gasteiger partial charge in [0, 0.05) is 19.1 Å². The number of aromatic nitrogens is 2. The molecule has 0 unspecified atom stereocenters. The van der Waals surface area contributed by atoms with Crippen molar-refractivity contribution in [3.8, 4) is 0 Å². The Labute approximate surface area is 120 Å². The summed E-state index contributed by atoms with van der Waals surface area (Å²) in [6, 6.07) is 14.9. The van der Waals surface area contributed by atoms with Crippen molar-refractivity contribution in [2.75, 3.05) is 11.9 Å². The van der Waals surface area contributed by atoms with E-state index in [1.54, 1.807) is 0 Å². The van der Waals surface area contributed by atoms with E-state index in [1.807, 2.05) is 25.2 Å². The van der Waals surface area contributed by atoms with E-state index < -0.39 is 0 Å². The van der Waals surface area contributed by atoms with Gasteiger partial charge >= 0.3 is 0 Å². The summed E-state index contributed by atoms with van der Waals surface area (Å²) >= 11 is 0. The van der Waals surface area contributed by atoms with E-state index in [0.717, 1.165) is 24.6 Å². The largest absolute Gasteiger partial charge is 0.348 e. The molecule has 0 saturated carbocycles. The fourth-order valence-corrected chi connectivity index (χ4v) is 2.09. The Morgan fingerprint density at radius 3 is 2.35 bits per heavy atom. The third kappa shape index (κ3) is 3.78. The van der Waals surface area contributed by atoms with Crippen LogP contribution in [0.15, 0.2) is 42.5 Å². The minimum atomic E-state index is 0.375. The number of hydrogen-bond acceptors (Lipinski definition) is 4. The summed E-state index contributed by atoms with van der Waals surface area (Å²) < 4.78 is 0. The zero-order valence-electron chi connectivity index (χ0n) is 12.4. The van der Waals surface area contributed by atoms with Crippen molar-refractivity contribution in [1.29, 1.82) is 0 Å². The van der Waals surface area contributed by atoms with Gasteiger partial charge in [-0.3, -0.25) is 0 Å². The summed E-state index contributed by atoms with van der Waals surface area (Å²) in [4.78, 5) is 2.26. The van der Waals surface area contributed by atoms with Gasteiger partial charge in [0.2, 0.25) is 0 Å². The maximum Gasteiger partial charge on any atom is 0.151 e. The lowest BCUT2D eigenvalue weighted by atomic mass is 10.2. The maximum absolute atomic E-state index is 4.35. The number of nitrogens with one attached hydrogen (secondary N) is 1. The van der Waals surface area contributed by atoms with Crippen LogP contribution in [0.1, 0.15) is 25.1 Å². The maximum atomic E-state index is 4.35. The molecular formula is C16H22N4. The predicted octanol–water partition coefficient (Wildman–Crippen LogP) is 2.61. The van der Waals surface area contributed by atoms with Crippen LogP contribution >= 0.6 is 0 Å². The molecule has 0 spiro atoms. The third-order valence-electron chi connectivity index (χ3n) is 3.18. The van der Waals surface area contributed by atoms with E-state index in [4.69, 9.17) is 0 Å². The Balaban J connectivity index is 2.16.